The molecule has 0 bridgehead atoms. The lowest BCUT2D eigenvalue weighted by molar-refractivity contribution is -0.112. The Hall–Kier alpha value is -0.163. The fraction of sp³-hybridized carbons (Fsp3) is 0.895. The summed E-state index contributed by atoms with van der Waals surface area (Å²) in [4.78, 5) is 0. The highest BCUT2D eigenvalue weighted by Gasteiger charge is 2.66. The zero-order valence-corrected chi connectivity index (χ0v) is 16.6. The third-order valence-electron chi connectivity index (χ3n) is 5.77. The Bertz CT molecular complexity index is 373. The molecule has 2 rings (SSSR count). The number of hydrogen-bond acceptors (Lipinski definition) is 3. The van der Waals surface area contributed by atoms with Crippen molar-refractivity contribution < 1.29 is 13.6 Å². The van der Waals surface area contributed by atoms with Crippen LogP contribution in [0.5, 0.6) is 0 Å². The summed E-state index contributed by atoms with van der Waals surface area (Å²) >= 11 is 0. The highest BCUT2D eigenvalue weighted by Crippen LogP contribution is 2.52. The maximum absolute atomic E-state index is 6.71. The van der Waals surface area contributed by atoms with Gasteiger partial charge in [-0.25, -0.2) is 0 Å². The average molecular weight is 341 g/mol. The predicted octanol–water partition coefficient (Wildman–Crippen LogP) is 4.99. The molecule has 0 radical (unpaired) electrons. The molecule has 2 aliphatic rings. The Morgan fingerprint density at radius 1 is 1.00 bits per heavy atom. The quantitative estimate of drug-likeness (QED) is 0.460. The maximum Gasteiger partial charge on any atom is 0.371 e. The van der Waals surface area contributed by atoms with Gasteiger partial charge in [-0.3, -0.25) is 0 Å². The summed E-state index contributed by atoms with van der Waals surface area (Å²) in [5.74, 6) is 1.11. The van der Waals surface area contributed by atoms with Gasteiger partial charge in [0.15, 0.2) is 0 Å². The molecular weight excluding hydrogens is 304 g/mol. The van der Waals surface area contributed by atoms with Crippen molar-refractivity contribution in [3.05, 3.63) is 12.2 Å². The number of hydrogen-bond donors (Lipinski definition) is 0. The molecule has 4 heteroatoms. The van der Waals surface area contributed by atoms with Crippen LogP contribution in [-0.4, -0.2) is 33.6 Å². The van der Waals surface area contributed by atoms with Gasteiger partial charge in [0.25, 0.3) is 0 Å². The maximum atomic E-state index is 6.71. The molecule has 0 aromatic heterocycles. The zero-order chi connectivity index (χ0) is 16.8. The lowest BCUT2D eigenvalue weighted by Crippen LogP contribution is -2.72. The first kappa shape index (κ1) is 19.2. The Labute approximate surface area is 144 Å². The van der Waals surface area contributed by atoms with E-state index in [2.05, 4.69) is 39.8 Å². The van der Waals surface area contributed by atoms with Gasteiger partial charge < -0.3 is 13.6 Å². The lowest BCUT2D eigenvalue weighted by atomic mass is 9.79. The third kappa shape index (κ3) is 3.46. The van der Waals surface area contributed by atoms with Crippen molar-refractivity contribution in [3.8, 4) is 0 Å². The summed E-state index contributed by atoms with van der Waals surface area (Å²) in [6, 6.07) is 1.09. The normalized spacial score (nSPS) is 33.7. The zero-order valence-electron chi connectivity index (χ0n) is 15.6. The van der Waals surface area contributed by atoms with Crippen LogP contribution in [0.1, 0.15) is 66.2 Å². The van der Waals surface area contributed by atoms with E-state index in [9.17, 15) is 0 Å². The Morgan fingerprint density at radius 2 is 1.74 bits per heavy atom. The van der Waals surface area contributed by atoms with Crippen LogP contribution in [0.4, 0.5) is 0 Å². The van der Waals surface area contributed by atoms with E-state index < -0.39 is 8.56 Å². The Morgan fingerprint density at radius 3 is 2.26 bits per heavy atom. The van der Waals surface area contributed by atoms with Gasteiger partial charge in [-0.1, -0.05) is 31.9 Å². The van der Waals surface area contributed by atoms with Crippen molar-refractivity contribution >= 4 is 8.56 Å². The Kier molecular flexibility index (Phi) is 7.33. The third-order valence-corrected chi connectivity index (χ3v) is 10.4. The minimum absolute atomic E-state index is 0.175. The summed E-state index contributed by atoms with van der Waals surface area (Å²) in [5.41, 5.74) is 0. The molecule has 1 saturated heterocycles. The van der Waals surface area contributed by atoms with Crippen LogP contribution in [-0.2, 0) is 13.6 Å². The molecule has 3 nitrogen and oxygen atoms in total. The van der Waals surface area contributed by atoms with Crippen molar-refractivity contribution in [1.29, 1.82) is 0 Å². The summed E-state index contributed by atoms with van der Waals surface area (Å²) in [5, 5.41) is -0.175. The molecule has 3 unspecified atom stereocenters. The minimum atomic E-state index is -2.41. The molecule has 0 amide bonds. The fourth-order valence-electron chi connectivity index (χ4n) is 5.10. The van der Waals surface area contributed by atoms with Crippen LogP contribution in [0, 0.1) is 11.8 Å². The first-order chi connectivity index (χ1) is 11.2. The van der Waals surface area contributed by atoms with Gasteiger partial charge in [0, 0.05) is 19.8 Å². The molecule has 0 spiro atoms. The molecule has 1 fully saturated rings. The molecule has 3 atom stereocenters. The van der Waals surface area contributed by atoms with Crippen LogP contribution in [0.2, 0.25) is 6.04 Å². The van der Waals surface area contributed by atoms with Crippen molar-refractivity contribution in [2.75, 3.05) is 19.8 Å². The molecular formula is C19H36O3Si. The van der Waals surface area contributed by atoms with Gasteiger partial charge in [-0.15, -0.1) is 0 Å². The van der Waals surface area contributed by atoms with Gasteiger partial charge in [0.05, 0.1) is 0 Å². The first-order valence-corrected chi connectivity index (χ1v) is 11.8. The highest BCUT2D eigenvalue weighted by atomic mass is 28.4. The summed E-state index contributed by atoms with van der Waals surface area (Å²) in [6.07, 6.45) is 11.8. The van der Waals surface area contributed by atoms with E-state index >= 15 is 0 Å². The second-order valence-corrected chi connectivity index (χ2v) is 10.2. The lowest BCUT2D eigenvalue weighted by Gasteiger charge is -2.57. The van der Waals surface area contributed by atoms with Gasteiger partial charge in [0.1, 0.15) is 5.22 Å². The second-order valence-electron chi connectivity index (χ2n) is 6.82. The van der Waals surface area contributed by atoms with Gasteiger partial charge in [0.2, 0.25) is 0 Å². The molecule has 23 heavy (non-hydrogen) atoms. The molecule has 0 N–H and O–H groups in total. The standard InChI is InChI=1S/C19H36O3Si/c1-5-17-15-12-16-23(21-7-3,22-8-4)19(17,20-6-2)18-13-10-9-11-14-18/h9-10,17-18H,5-8,11-16H2,1-4H3. The van der Waals surface area contributed by atoms with Crippen LogP contribution in [0.25, 0.3) is 0 Å². The van der Waals surface area contributed by atoms with Crippen LogP contribution < -0.4 is 0 Å². The van der Waals surface area contributed by atoms with Crippen LogP contribution in [0.15, 0.2) is 12.2 Å². The van der Waals surface area contributed by atoms with Gasteiger partial charge in [-0.05, 0) is 64.3 Å². The summed E-state index contributed by atoms with van der Waals surface area (Å²) in [7, 11) is -2.41. The van der Waals surface area contributed by atoms with Crippen molar-refractivity contribution in [2.45, 2.75) is 77.5 Å². The molecule has 0 aromatic rings. The molecule has 1 aliphatic heterocycles. The minimum Gasteiger partial charge on any atom is -0.393 e. The first-order valence-electron chi connectivity index (χ1n) is 9.77. The highest BCUT2D eigenvalue weighted by molar-refractivity contribution is 6.71. The average Bonchev–Trinajstić information content (AvgIpc) is 2.58. The van der Waals surface area contributed by atoms with E-state index in [1.165, 1.54) is 25.7 Å². The van der Waals surface area contributed by atoms with E-state index in [1.54, 1.807) is 0 Å². The van der Waals surface area contributed by atoms with Crippen molar-refractivity contribution in [1.82, 2.24) is 0 Å². The summed E-state index contributed by atoms with van der Waals surface area (Å²) in [6.45, 7) is 10.9. The van der Waals surface area contributed by atoms with Crippen LogP contribution in [0.3, 0.4) is 0 Å². The van der Waals surface area contributed by atoms with Gasteiger partial charge >= 0.3 is 8.56 Å². The summed E-state index contributed by atoms with van der Waals surface area (Å²) < 4.78 is 19.8. The monoisotopic (exact) mass is 340 g/mol. The fourth-order valence-corrected chi connectivity index (χ4v) is 10.1. The SMILES string of the molecule is CCOC1(C2CC=CCC2)C(CC)CCC[Si]1(OCC)OCC. The molecule has 134 valence electrons. The van der Waals surface area contributed by atoms with E-state index in [1.807, 2.05) is 0 Å². The van der Waals surface area contributed by atoms with Crippen molar-refractivity contribution in [3.63, 3.8) is 0 Å². The topological polar surface area (TPSA) is 27.7 Å². The Balaban J connectivity index is 2.51. The molecule has 0 saturated carbocycles. The number of ether oxygens (including phenoxy) is 1. The largest absolute Gasteiger partial charge is 0.393 e. The molecule has 1 heterocycles. The second kappa shape index (κ2) is 8.79. The number of allylic oxidation sites excluding steroid dienone is 2. The number of rotatable bonds is 8. The van der Waals surface area contributed by atoms with E-state index in [4.69, 9.17) is 13.6 Å². The van der Waals surface area contributed by atoms with Crippen molar-refractivity contribution in [2.24, 2.45) is 11.8 Å². The molecule has 0 aromatic carbocycles. The predicted molar refractivity (Wildman–Crippen MR) is 97.7 cm³/mol. The smallest absolute Gasteiger partial charge is 0.371 e. The molecule has 1 aliphatic carbocycles. The van der Waals surface area contributed by atoms with Gasteiger partial charge in [-0.2, -0.15) is 0 Å². The van der Waals surface area contributed by atoms with E-state index in [-0.39, 0.29) is 5.22 Å². The van der Waals surface area contributed by atoms with E-state index in [0.29, 0.717) is 11.8 Å². The van der Waals surface area contributed by atoms with E-state index in [0.717, 1.165) is 38.7 Å². The van der Waals surface area contributed by atoms with Crippen LogP contribution >= 0.6 is 0 Å².